The zero-order chi connectivity index (χ0) is 15.7. The number of halogens is 1. The number of hydrogen-bond acceptors (Lipinski definition) is 5. The average molecular weight is 414 g/mol. The fourth-order valence-corrected chi connectivity index (χ4v) is 2.85. The Morgan fingerprint density at radius 3 is 2.68 bits per heavy atom. The molecular weight excluding hydrogens is 399 g/mol. The van der Waals surface area contributed by atoms with Gasteiger partial charge in [-0.2, -0.15) is 0 Å². The molecule has 0 aromatic heterocycles. The van der Waals surface area contributed by atoms with Crippen molar-refractivity contribution >= 4 is 28.6 Å². The highest BCUT2D eigenvalue weighted by Crippen LogP contribution is 2.38. The third-order valence-electron chi connectivity index (χ3n) is 3.44. The van der Waals surface area contributed by atoms with Gasteiger partial charge >= 0.3 is 5.97 Å². The molecule has 0 radical (unpaired) electrons. The number of carbonyl (C=O) groups excluding carboxylic acids is 1. The van der Waals surface area contributed by atoms with Crippen LogP contribution in [0.2, 0.25) is 0 Å². The van der Waals surface area contributed by atoms with Gasteiger partial charge in [0.2, 0.25) is 0 Å². The third kappa shape index (κ3) is 3.13. The molecule has 1 aromatic carbocycles. The molecule has 5 nitrogen and oxygen atoms in total. The molecular formula is C16H15IO5. The minimum Gasteiger partial charge on any atom is -0.452 e. The predicted molar refractivity (Wildman–Crippen MR) is 86.1 cm³/mol. The summed E-state index contributed by atoms with van der Waals surface area (Å²) in [5, 5.41) is 0. The number of carbonyl (C=O) groups is 1. The van der Waals surface area contributed by atoms with E-state index in [2.05, 4.69) is 9.85 Å². The van der Waals surface area contributed by atoms with Crippen LogP contribution in [0.25, 0.3) is 0 Å². The summed E-state index contributed by atoms with van der Waals surface area (Å²) >= 11 is 1.92. The lowest BCUT2D eigenvalue weighted by Gasteiger charge is -2.23. The van der Waals surface area contributed by atoms with Gasteiger partial charge in [0.05, 0.1) is 5.56 Å². The van der Waals surface area contributed by atoms with Gasteiger partial charge in [-0.05, 0) is 29.9 Å². The molecule has 0 saturated carbocycles. The SMILES string of the molecule is CC1(C)O[C@H]2O[C@H](C#CI)[C@@H](OC(=O)c3ccccc3)[C@H]2O1. The van der Waals surface area contributed by atoms with Crippen molar-refractivity contribution < 1.29 is 23.7 Å². The van der Waals surface area contributed by atoms with E-state index in [0.717, 1.165) is 0 Å². The molecule has 0 spiro atoms. The van der Waals surface area contributed by atoms with Gasteiger partial charge < -0.3 is 18.9 Å². The van der Waals surface area contributed by atoms with E-state index >= 15 is 0 Å². The van der Waals surface area contributed by atoms with Crippen LogP contribution in [0.3, 0.4) is 0 Å². The lowest BCUT2D eigenvalue weighted by molar-refractivity contribution is -0.208. The maximum absolute atomic E-state index is 12.3. The number of fused-ring (bicyclic) bond motifs is 1. The minimum atomic E-state index is -0.768. The number of benzene rings is 1. The van der Waals surface area contributed by atoms with Gasteiger partial charge in [-0.25, -0.2) is 4.79 Å². The van der Waals surface area contributed by atoms with Crippen LogP contribution >= 0.6 is 22.6 Å². The van der Waals surface area contributed by atoms with Gasteiger partial charge in [0, 0.05) is 22.6 Å². The molecule has 2 aliphatic heterocycles. The van der Waals surface area contributed by atoms with Crippen molar-refractivity contribution in [2.75, 3.05) is 0 Å². The smallest absolute Gasteiger partial charge is 0.338 e. The largest absolute Gasteiger partial charge is 0.452 e. The molecule has 6 heteroatoms. The first-order chi connectivity index (χ1) is 10.5. The van der Waals surface area contributed by atoms with Crippen LogP contribution in [0.15, 0.2) is 30.3 Å². The Bertz CT molecular complexity index is 618. The van der Waals surface area contributed by atoms with Crippen LogP contribution in [0, 0.1) is 9.85 Å². The van der Waals surface area contributed by atoms with E-state index in [1.165, 1.54) is 0 Å². The van der Waals surface area contributed by atoms with Crippen LogP contribution in [0.4, 0.5) is 0 Å². The molecule has 4 atom stereocenters. The molecule has 0 aliphatic carbocycles. The first-order valence-corrected chi connectivity index (χ1v) is 7.96. The summed E-state index contributed by atoms with van der Waals surface area (Å²) in [5.41, 5.74) is 0.477. The standard InChI is InChI=1S/C16H15IO5/c1-16(2)21-13-12(11(8-9-17)19-15(13)22-16)20-14(18)10-6-4-3-5-7-10/h3-7,11-13,15H,1-2H3/t11-,12-,13-,15-/m1/s1. The lowest BCUT2D eigenvalue weighted by Crippen LogP contribution is -2.38. The first-order valence-electron chi connectivity index (χ1n) is 6.88. The van der Waals surface area contributed by atoms with Crippen molar-refractivity contribution in [2.45, 2.75) is 44.2 Å². The maximum Gasteiger partial charge on any atom is 0.338 e. The van der Waals surface area contributed by atoms with Crippen molar-refractivity contribution in [3.05, 3.63) is 35.9 Å². The van der Waals surface area contributed by atoms with Gasteiger partial charge in [-0.15, -0.1) is 0 Å². The normalized spacial score (nSPS) is 32.0. The predicted octanol–water partition coefficient (Wildman–Crippen LogP) is 2.48. The fourth-order valence-electron chi connectivity index (χ4n) is 2.54. The van der Waals surface area contributed by atoms with Gasteiger partial charge in [-0.3, -0.25) is 0 Å². The summed E-state index contributed by atoms with van der Waals surface area (Å²) in [5.74, 6) is 1.69. The van der Waals surface area contributed by atoms with E-state index in [1.54, 1.807) is 38.1 Å². The molecule has 2 fully saturated rings. The van der Waals surface area contributed by atoms with Gasteiger partial charge in [0.25, 0.3) is 0 Å². The second kappa shape index (κ2) is 6.16. The molecule has 116 valence electrons. The second-order valence-corrected chi connectivity index (χ2v) is 6.04. The van der Waals surface area contributed by atoms with E-state index in [4.69, 9.17) is 18.9 Å². The topological polar surface area (TPSA) is 54.0 Å². The molecule has 0 N–H and O–H groups in total. The van der Waals surface area contributed by atoms with Gasteiger partial charge in [-0.1, -0.05) is 24.1 Å². The summed E-state index contributed by atoms with van der Waals surface area (Å²) in [6.45, 7) is 3.59. The zero-order valence-corrected chi connectivity index (χ0v) is 14.3. The molecule has 3 rings (SSSR count). The minimum absolute atomic E-state index is 0.427. The second-order valence-electron chi connectivity index (χ2n) is 5.50. The van der Waals surface area contributed by atoms with Gasteiger partial charge in [0.1, 0.15) is 0 Å². The number of esters is 1. The number of rotatable bonds is 2. The van der Waals surface area contributed by atoms with Crippen LogP contribution in [0.5, 0.6) is 0 Å². The zero-order valence-electron chi connectivity index (χ0n) is 12.1. The highest BCUT2D eigenvalue weighted by atomic mass is 127. The van der Waals surface area contributed by atoms with E-state index in [0.29, 0.717) is 5.56 Å². The highest BCUT2D eigenvalue weighted by Gasteiger charge is 2.56. The molecule has 22 heavy (non-hydrogen) atoms. The number of ether oxygens (including phenoxy) is 4. The molecule has 2 aliphatic rings. The van der Waals surface area contributed by atoms with E-state index in [9.17, 15) is 4.79 Å². The maximum atomic E-state index is 12.3. The summed E-state index contributed by atoms with van der Waals surface area (Å²) in [6.07, 6.45) is -2.24. The van der Waals surface area contributed by atoms with Crippen LogP contribution in [-0.2, 0) is 18.9 Å². The lowest BCUT2D eigenvalue weighted by atomic mass is 10.1. The Labute approximate surface area is 142 Å². The molecule has 2 saturated heterocycles. The molecule has 0 bridgehead atoms. The summed E-state index contributed by atoms with van der Waals surface area (Å²) < 4.78 is 25.5. The fraction of sp³-hybridized carbons (Fsp3) is 0.438. The first kappa shape index (κ1) is 15.7. The highest BCUT2D eigenvalue weighted by molar-refractivity contribution is 14.1. The van der Waals surface area contributed by atoms with Crippen LogP contribution in [0.1, 0.15) is 24.2 Å². The van der Waals surface area contributed by atoms with Crippen LogP contribution < -0.4 is 0 Å². The molecule has 1 aromatic rings. The molecule has 0 amide bonds. The quantitative estimate of drug-likeness (QED) is 0.423. The van der Waals surface area contributed by atoms with Crippen molar-refractivity contribution in [1.82, 2.24) is 0 Å². The van der Waals surface area contributed by atoms with Crippen molar-refractivity contribution in [3.63, 3.8) is 0 Å². The summed E-state index contributed by atoms with van der Waals surface area (Å²) in [7, 11) is 0. The average Bonchev–Trinajstić information content (AvgIpc) is 2.94. The van der Waals surface area contributed by atoms with Crippen molar-refractivity contribution in [1.29, 1.82) is 0 Å². The van der Waals surface area contributed by atoms with Crippen molar-refractivity contribution in [2.24, 2.45) is 0 Å². The van der Waals surface area contributed by atoms with Crippen LogP contribution in [-0.4, -0.2) is 36.4 Å². The van der Waals surface area contributed by atoms with Gasteiger partial charge in [0.15, 0.2) is 30.4 Å². The molecule has 0 unspecified atom stereocenters. The van der Waals surface area contributed by atoms with E-state index in [-0.39, 0.29) is 0 Å². The van der Waals surface area contributed by atoms with E-state index in [1.807, 2.05) is 28.7 Å². The number of hydrogen-bond donors (Lipinski definition) is 0. The Balaban J connectivity index is 1.79. The third-order valence-corrected chi connectivity index (χ3v) is 3.75. The van der Waals surface area contributed by atoms with Crippen molar-refractivity contribution in [3.8, 4) is 9.85 Å². The Morgan fingerprint density at radius 1 is 1.27 bits per heavy atom. The Hall–Kier alpha value is -1.14. The monoisotopic (exact) mass is 414 g/mol. The summed E-state index contributed by atoms with van der Waals surface area (Å²) in [6, 6.07) is 8.80. The Kier molecular flexibility index (Phi) is 4.41. The van der Waals surface area contributed by atoms with E-state index < -0.39 is 36.4 Å². The molecule has 2 heterocycles. The Morgan fingerprint density at radius 2 is 2.00 bits per heavy atom. The summed E-state index contributed by atoms with van der Waals surface area (Å²) in [4.78, 5) is 12.3.